The van der Waals surface area contributed by atoms with Crippen molar-refractivity contribution in [2.75, 3.05) is 4.90 Å². The summed E-state index contributed by atoms with van der Waals surface area (Å²) in [5, 5.41) is 0. The third-order valence-electron chi connectivity index (χ3n) is 5.17. The van der Waals surface area contributed by atoms with E-state index in [2.05, 4.69) is 49.9 Å². The van der Waals surface area contributed by atoms with Crippen molar-refractivity contribution < 1.29 is 4.74 Å². The second kappa shape index (κ2) is 5.77. The molecule has 2 heteroatoms. The van der Waals surface area contributed by atoms with Gasteiger partial charge in [0.2, 0.25) is 0 Å². The van der Waals surface area contributed by atoms with Crippen LogP contribution in [0.1, 0.15) is 51.5 Å². The number of benzene rings is 1. The third-order valence-corrected chi connectivity index (χ3v) is 5.17. The van der Waals surface area contributed by atoms with Crippen LogP contribution in [0.4, 0.5) is 5.69 Å². The Hall–Kier alpha value is -1.02. The molecule has 2 unspecified atom stereocenters. The first kappa shape index (κ1) is 13.9. The Balaban J connectivity index is 1.81. The summed E-state index contributed by atoms with van der Waals surface area (Å²) in [4.78, 5) is 2.48. The van der Waals surface area contributed by atoms with Crippen molar-refractivity contribution in [1.29, 1.82) is 0 Å². The molecule has 0 amide bonds. The number of hydrogen-bond donors (Lipinski definition) is 0. The average Bonchev–Trinajstić information content (AvgIpc) is 2.76. The number of nitrogens with zero attached hydrogens (tertiary/aromatic N) is 1. The van der Waals surface area contributed by atoms with Gasteiger partial charge in [-0.15, -0.1) is 0 Å². The summed E-state index contributed by atoms with van der Waals surface area (Å²) in [6, 6.07) is 9.16. The van der Waals surface area contributed by atoms with Crippen LogP contribution in [0.3, 0.4) is 0 Å². The highest BCUT2D eigenvalue weighted by Gasteiger charge is 2.41. The predicted molar refractivity (Wildman–Crippen MR) is 84.0 cm³/mol. The standard InChI is InChI=1S/C18H27NO/c1-13-9-7-8-12-17(13)19-14(2)18(20-15(19)3)16-10-5-4-6-11-16/h7-9,12,14-16,18H,4-6,10-11H2,1-3H3/t14-,15?,18?/m0/s1. The lowest BCUT2D eigenvalue weighted by Crippen LogP contribution is -2.39. The highest BCUT2D eigenvalue weighted by molar-refractivity contribution is 5.55. The number of ether oxygens (including phenoxy) is 1. The lowest BCUT2D eigenvalue weighted by atomic mass is 9.83. The van der Waals surface area contributed by atoms with Crippen molar-refractivity contribution in [2.24, 2.45) is 5.92 Å². The van der Waals surface area contributed by atoms with Crippen molar-refractivity contribution in [3.05, 3.63) is 29.8 Å². The number of anilines is 1. The van der Waals surface area contributed by atoms with Crippen LogP contribution < -0.4 is 4.90 Å². The van der Waals surface area contributed by atoms with E-state index >= 15 is 0 Å². The van der Waals surface area contributed by atoms with E-state index in [0.717, 1.165) is 5.92 Å². The smallest absolute Gasteiger partial charge is 0.128 e. The first-order valence-corrected chi connectivity index (χ1v) is 8.18. The second-order valence-electron chi connectivity index (χ2n) is 6.53. The van der Waals surface area contributed by atoms with E-state index in [1.54, 1.807) is 0 Å². The minimum absolute atomic E-state index is 0.193. The van der Waals surface area contributed by atoms with Gasteiger partial charge in [-0.25, -0.2) is 0 Å². The van der Waals surface area contributed by atoms with Gasteiger partial charge in [-0.1, -0.05) is 37.5 Å². The molecular weight excluding hydrogens is 246 g/mol. The SMILES string of the molecule is Cc1ccccc1N1C(C)OC(C2CCCCC2)[C@@H]1C. The fraction of sp³-hybridized carbons (Fsp3) is 0.667. The molecule has 0 bridgehead atoms. The average molecular weight is 273 g/mol. The maximum atomic E-state index is 6.36. The maximum absolute atomic E-state index is 6.36. The Morgan fingerprint density at radius 3 is 2.45 bits per heavy atom. The summed E-state index contributed by atoms with van der Waals surface area (Å²) >= 11 is 0. The molecule has 3 rings (SSSR count). The minimum atomic E-state index is 0.193. The number of para-hydroxylation sites is 1. The lowest BCUT2D eigenvalue weighted by Gasteiger charge is -2.32. The normalized spacial score (nSPS) is 31.8. The lowest BCUT2D eigenvalue weighted by molar-refractivity contribution is 0.00500. The topological polar surface area (TPSA) is 12.5 Å². The van der Waals surface area contributed by atoms with Crippen LogP contribution in [-0.4, -0.2) is 18.4 Å². The molecule has 1 aromatic carbocycles. The summed E-state index contributed by atoms with van der Waals surface area (Å²) in [6.07, 6.45) is 7.48. The molecule has 110 valence electrons. The van der Waals surface area contributed by atoms with E-state index in [4.69, 9.17) is 4.74 Å². The van der Waals surface area contributed by atoms with E-state index in [-0.39, 0.29) is 6.23 Å². The van der Waals surface area contributed by atoms with Gasteiger partial charge in [0.1, 0.15) is 6.23 Å². The monoisotopic (exact) mass is 273 g/mol. The van der Waals surface area contributed by atoms with Crippen molar-refractivity contribution in [2.45, 2.75) is 71.2 Å². The van der Waals surface area contributed by atoms with E-state index in [1.807, 2.05) is 0 Å². The van der Waals surface area contributed by atoms with Gasteiger partial charge < -0.3 is 9.64 Å². The van der Waals surface area contributed by atoms with Crippen molar-refractivity contribution in [1.82, 2.24) is 0 Å². The molecule has 20 heavy (non-hydrogen) atoms. The summed E-state index contributed by atoms with van der Waals surface area (Å²) in [5.41, 5.74) is 2.69. The Morgan fingerprint density at radius 1 is 1.05 bits per heavy atom. The molecule has 0 radical (unpaired) electrons. The zero-order valence-electron chi connectivity index (χ0n) is 13.0. The molecule has 2 nitrogen and oxygen atoms in total. The Labute approximate surface area is 123 Å². The van der Waals surface area contributed by atoms with Crippen molar-refractivity contribution >= 4 is 5.69 Å². The molecule has 0 aromatic heterocycles. The van der Waals surface area contributed by atoms with Gasteiger partial charge in [0.15, 0.2) is 0 Å². The molecular formula is C18H27NO. The molecule has 1 saturated carbocycles. The quantitative estimate of drug-likeness (QED) is 0.786. The van der Waals surface area contributed by atoms with Gasteiger partial charge in [0, 0.05) is 5.69 Å². The highest BCUT2D eigenvalue weighted by Crippen LogP contribution is 2.38. The number of hydrogen-bond acceptors (Lipinski definition) is 2. The van der Waals surface area contributed by atoms with Gasteiger partial charge in [-0.2, -0.15) is 0 Å². The van der Waals surface area contributed by atoms with E-state index in [1.165, 1.54) is 43.4 Å². The molecule has 3 atom stereocenters. The van der Waals surface area contributed by atoms with E-state index in [0.29, 0.717) is 12.1 Å². The van der Waals surface area contributed by atoms with Gasteiger partial charge in [0.25, 0.3) is 0 Å². The van der Waals surface area contributed by atoms with Gasteiger partial charge in [0.05, 0.1) is 12.1 Å². The Kier molecular flexibility index (Phi) is 4.02. The Bertz CT molecular complexity index is 452. The fourth-order valence-electron chi connectivity index (χ4n) is 4.13. The molecule has 1 aliphatic heterocycles. The molecule has 0 N–H and O–H groups in total. The molecule has 1 aromatic rings. The number of aryl methyl sites for hydroxylation is 1. The van der Waals surface area contributed by atoms with Crippen LogP contribution >= 0.6 is 0 Å². The molecule has 1 heterocycles. The van der Waals surface area contributed by atoms with Crippen LogP contribution in [0, 0.1) is 12.8 Å². The molecule has 2 fully saturated rings. The largest absolute Gasteiger partial charge is 0.353 e. The van der Waals surface area contributed by atoms with Gasteiger partial charge in [-0.05, 0) is 51.2 Å². The molecule has 0 spiro atoms. The third kappa shape index (κ3) is 2.46. The first-order chi connectivity index (χ1) is 9.68. The summed E-state index contributed by atoms with van der Waals surface area (Å²) in [6.45, 7) is 6.74. The zero-order valence-corrected chi connectivity index (χ0v) is 13.0. The first-order valence-electron chi connectivity index (χ1n) is 8.18. The maximum Gasteiger partial charge on any atom is 0.128 e. The van der Waals surface area contributed by atoms with E-state index in [9.17, 15) is 0 Å². The van der Waals surface area contributed by atoms with E-state index < -0.39 is 0 Å². The van der Waals surface area contributed by atoms with Crippen LogP contribution in [0.15, 0.2) is 24.3 Å². The van der Waals surface area contributed by atoms with Crippen LogP contribution in [0.25, 0.3) is 0 Å². The van der Waals surface area contributed by atoms with Crippen LogP contribution in [-0.2, 0) is 4.74 Å². The molecule has 1 saturated heterocycles. The second-order valence-corrected chi connectivity index (χ2v) is 6.53. The molecule has 1 aliphatic carbocycles. The van der Waals surface area contributed by atoms with Gasteiger partial charge in [-0.3, -0.25) is 0 Å². The number of rotatable bonds is 2. The van der Waals surface area contributed by atoms with Crippen LogP contribution in [0.2, 0.25) is 0 Å². The summed E-state index contributed by atoms with van der Waals surface area (Å²) < 4.78 is 6.36. The minimum Gasteiger partial charge on any atom is -0.353 e. The summed E-state index contributed by atoms with van der Waals surface area (Å²) in [5.74, 6) is 0.759. The van der Waals surface area contributed by atoms with Gasteiger partial charge >= 0.3 is 0 Å². The fourth-order valence-corrected chi connectivity index (χ4v) is 4.13. The Morgan fingerprint density at radius 2 is 1.75 bits per heavy atom. The van der Waals surface area contributed by atoms with Crippen molar-refractivity contribution in [3.63, 3.8) is 0 Å². The summed E-state index contributed by atoms with van der Waals surface area (Å²) in [7, 11) is 0. The predicted octanol–water partition coefficient (Wildman–Crippen LogP) is 4.52. The van der Waals surface area contributed by atoms with Crippen molar-refractivity contribution in [3.8, 4) is 0 Å². The molecule has 2 aliphatic rings. The van der Waals surface area contributed by atoms with Crippen LogP contribution in [0.5, 0.6) is 0 Å². The zero-order chi connectivity index (χ0) is 14.1. The highest BCUT2D eigenvalue weighted by atomic mass is 16.5.